The Morgan fingerprint density at radius 2 is 2.32 bits per heavy atom. The average molecular weight is 265 g/mol. The largest absolute Gasteiger partial charge is 0.378 e. The van der Waals surface area contributed by atoms with Crippen LogP contribution < -0.4 is 0 Å². The highest BCUT2D eigenvalue weighted by molar-refractivity contribution is 5.97. The van der Waals surface area contributed by atoms with Crippen molar-refractivity contribution < 1.29 is 18.7 Å². The predicted octanol–water partition coefficient (Wildman–Crippen LogP) is 1.99. The molecule has 0 N–H and O–H groups in total. The summed E-state index contributed by atoms with van der Waals surface area (Å²) in [6.07, 6.45) is 4.70. The van der Waals surface area contributed by atoms with Crippen LogP contribution in [0.15, 0.2) is 18.5 Å². The first-order valence-electron chi connectivity index (χ1n) is 6.55. The number of pyridine rings is 1. The highest BCUT2D eigenvalue weighted by Crippen LogP contribution is 2.37. The number of Topliss-reactive ketones (excluding diaryl/α,β-unsaturated/α-hetero) is 1. The van der Waals surface area contributed by atoms with Gasteiger partial charge in [0.25, 0.3) is 0 Å². The Labute approximate surface area is 110 Å². The molecular formula is C14H16FNO3. The molecule has 19 heavy (non-hydrogen) atoms. The molecule has 1 aromatic heterocycles. The van der Waals surface area contributed by atoms with Crippen LogP contribution in [0.3, 0.4) is 0 Å². The molecule has 2 aliphatic rings. The molecule has 0 aromatic carbocycles. The van der Waals surface area contributed by atoms with Gasteiger partial charge in [-0.1, -0.05) is 0 Å². The van der Waals surface area contributed by atoms with E-state index in [1.165, 1.54) is 12.3 Å². The molecule has 2 unspecified atom stereocenters. The number of hydrogen-bond acceptors (Lipinski definition) is 4. The Morgan fingerprint density at radius 1 is 1.42 bits per heavy atom. The van der Waals surface area contributed by atoms with Crippen molar-refractivity contribution in [2.45, 2.75) is 24.9 Å². The summed E-state index contributed by atoms with van der Waals surface area (Å²) in [4.78, 5) is 16.1. The third-order valence-corrected chi connectivity index (χ3v) is 3.92. The molecular weight excluding hydrogens is 249 g/mol. The standard InChI is InChI=1S/C14H16FNO3/c15-12-5-11(7-16-8-12)13(17)10-1-3-19-14(6-10)2-4-18-9-14/h5,7-8,10H,1-4,6,9H2. The Bertz CT molecular complexity index is 485. The molecule has 3 heterocycles. The number of rotatable bonds is 2. The molecule has 1 spiro atoms. The summed E-state index contributed by atoms with van der Waals surface area (Å²) in [6, 6.07) is 1.25. The Kier molecular flexibility index (Phi) is 3.33. The van der Waals surface area contributed by atoms with Crippen molar-refractivity contribution in [2.75, 3.05) is 19.8 Å². The third-order valence-electron chi connectivity index (χ3n) is 3.92. The summed E-state index contributed by atoms with van der Waals surface area (Å²) < 4.78 is 24.3. The van der Waals surface area contributed by atoms with Gasteiger partial charge in [0.2, 0.25) is 0 Å². The molecule has 3 rings (SSSR count). The van der Waals surface area contributed by atoms with Crippen LogP contribution in [0.2, 0.25) is 0 Å². The van der Waals surface area contributed by atoms with Crippen molar-refractivity contribution in [3.63, 3.8) is 0 Å². The molecule has 102 valence electrons. The average Bonchev–Trinajstić information content (AvgIpc) is 2.86. The Hall–Kier alpha value is -1.33. The van der Waals surface area contributed by atoms with Gasteiger partial charge in [-0.05, 0) is 18.9 Å². The lowest BCUT2D eigenvalue weighted by Crippen LogP contribution is -2.42. The quantitative estimate of drug-likeness (QED) is 0.767. The first-order chi connectivity index (χ1) is 9.19. The zero-order valence-electron chi connectivity index (χ0n) is 10.6. The molecule has 0 radical (unpaired) electrons. The van der Waals surface area contributed by atoms with E-state index >= 15 is 0 Å². The maximum Gasteiger partial charge on any atom is 0.167 e. The van der Waals surface area contributed by atoms with Gasteiger partial charge in [0.1, 0.15) is 5.82 Å². The molecule has 0 saturated carbocycles. The third kappa shape index (κ3) is 2.53. The molecule has 0 bridgehead atoms. The molecule has 1 aromatic rings. The minimum atomic E-state index is -0.475. The fraction of sp³-hybridized carbons (Fsp3) is 0.571. The van der Waals surface area contributed by atoms with Gasteiger partial charge >= 0.3 is 0 Å². The van der Waals surface area contributed by atoms with Crippen molar-refractivity contribution in [3.8, 4) is 0 Å². The number of ketones is 1. The zero-order valence-corrected chi connectivity index (χ0v) is 10.6. The molecule has 2 saturated heterocycles. The second kappa shape index (κ2) is 4.98. The second-order valence-corrected chi connectivity index (χ2v) is 5.28. The normalized spacial score (nSPS) is 30.7. The van der Waals surface area contributed by atoms with Gasteiger partial charge < -0.3 is 9.47 Å². The summed E-state index contributed by atoms with van der Waals surface area (Å²) in [5.41, 5.74) is 0.0419. The van der Waals surface area contributed by atoms with Crippen molar-refractivity contribution in [2.24, 2.45) is 5.92 Å². The van der Waals surface area contributed by atoms with Crippen LogP contribution >= 0.6 is 0 Å². The summed E-state index contributed by atoms with van der Waals surface area (Å²) in [5, 5.41) is 0. The fourth-order valence-corrected chi connectivity index (χ4v) is 2.90. The Balaban J connectivity index is 1.76. The van der Waals surface area contributed by atoms with Gasteiger partial charge in [-0.15, -0.1) is 0 Å². The number of ether oxygens (including phenoxy) is 2. The summed E-state index contributed by atoms with van der Waals surface area (Å²) in [5.74, 6) is -0.641. The number of hydrogen-bond donors (Lipinski definition) is 0. The number of halogens is 1. The van der Waals surface area contributed by atoms with E-state index in [1.54, 1.807) is 0 Å². The van der Waals surface area contributed by atoms with E-state index in [0.29, 0.717) is 38.2 Å². The lowest BCUT2D eigenvalue weighted by molar-refractivity contribution is -0.0920. The molecule has 4 nitrogen and oxygen atoms in total. The minimum absolute atomic E-state index is 0.0402. The number of nitrogens with zero attached hydrogens (tertiary/aromatic N) is 1. The SMILES string of the molecule is O=C(c1cncc(F)c1)C1CCOC2(CCOC2)C1. The van der Waals surface area contributed by atoms with Crippen LogP contribution in [-0.2, 0) is 9.47 Å². The van der Waals surface area contributed by atoms with Crippen molar-refractivity contribution in [1.82, 2.24) is 4.98 Å². The lowest BCUT2D eigenvalue weighted by atomic mass is 9.81. The zero-order chi connectivity index (χ0) is 13.3. The highest BCUT2D eigenvalue weighted by Gasteiger charge is 2.43. The molecule has 2 aliphatic heterocycles. The van der Waals surface area contributed by atoms with Crippen molar-refractivity contribution in [3.05, 3.63) is 29.8 Å². The first kappa shape index (κ1) is 12.7. The van der Waals surface area contributed by atoms with Crippen LogP contribution in [0.25, 0.3) is 0 Å². The van der Waals surface area contributed by atoms with E-state index in [1.807, 2.05) is 0 Å². The maximum atomic E-state index is 13.1. The van der Waals surface area contributed by atoms with Gasteiger partial charge in [-0.2, -0.15) is 0 Å². The van der Waals surface area contributed by atoms with E-state index in [4.69, 9.17) is 9.47 Å². The van der Waals surface area contributed by atoms with Gasteiger partial charge in [-0.25, -0.2) is 4.39 Å². The van der Waals surface area contributed by atoms with Crippen LogP contribution in [0.5, 0.6) is 0 Å². The van der Waals surface area contributed by atoms with E-state index in [9.17, 15) is 9.18 Å². The predicted molar refractivity (Wildman–Crippen MR) is 65.4 cm³/mol. The van der Waals surface area contributed by atoms with E-state index in [0.717, 1.165) is 12.6 Å². The van der Waals surface area contributed by atoms with Crippen LogP contribution in [0.1, 0.15) is 29.6 Å². The monoisotopic (exact) mass is 265 g/mol. The molecule has 5 heteroatoms. The maximum absolute atomic E-state index is 13.1. The lowest BCUT2D eigenvalue weighted by Gasteiger charge is -2.36. The summed E-state index contributed by atoms with van der Waals surface area (Å²) in [6.45, 7) is 1.79. The second-order valence-electron chi connectivity index (χ2n) is 5.28. The van der Waals surface area contributed by atoms with Crippen molar-refractivity contribution in [1.29, 1.82) is 0 Å². The molecule has 2 fully saturated rings. The fourth-order valence-electron chi connectivity index (χ4n) is 2.90. The van der Waals surface area contributed by atoms with E-state index in [-0.39, 0.29) is 17.3 Å². The van der Waals surface area contributed by atoms with Crippen LogP contribution in [0.4, 0.5) is 4.39 Å². The number of aromatic nitrogens is 1. The van der Waals surface area contributed by atoms with Crippen LogP contribution in [-0.4, -0.2) is 36.2 Å². The van der Waals surface area contributed by atoms with E-state index < -0.39 is 5.82 Å². The van der Waals surface area contributed by atoms with Gasteiger partial charge in [-0.3, -0.25) is 9.78 Å². The number of carbonyl (C=O) groups excluding carboxylic acids is 1. The topological polar surface area (TPSA) is 48.4 Å². The molecule has 2 atom stereocenters. The molecule has 0 amide bonds. The highest BCUT2D eigenvalue weighted by atomic mass is 19.1. The van der Waals surface area contributed by atoms with Gasteiger partial charge in [0.15, 0.2) is 5.78 Å². The smallest absolute Gasteiger partial charge is 0.167 e. The number of carbonyl (C=O) groups is 1. The van der Waals surface area contributed by atoms with Crippen LogP contribution in [0, 0.1) is 11.7 Å². The minimum Gasteiger partial charge on any atom is -0.378 e. The van der Waals surface area contributed by atoms with Gasteiger partial charge in [0.05, 0.1) is 18.4 Å². The first-order valence-corrected chi connectivity index (χ1v) is 6.55. The summed E-state index contributed by atoms with van der Waals surface area (Å²) in [7, 11) is 0. The molecule has 0 aliphatic carbocycles. The Morgan fingerprint density at radius 3 is 3.05 bits per heavy atom. The van der Waals surface area contributed by atoms with Crippen molar-refractivity contribution >= 4 is 5.78 Å². The summed E-state index contributed by atoms with van der Waals surface area (Å²) >= 11 is 0. The van der Waals surface area contributed by atoms with Gasteiger partial charge in [0, 0.05) is 37.3 Å². The van der Waals surface area contributed by atoms with E-state index in [2.05, 4.69) is 4.98 Å².